The molecule has 0 spiro atoms. The molecule has 1 aromatic rings. The zero-order valence-corrected chi connectivity index (χ0v) is 11.7. The molecule has 0 aromatic heterocycles. The topological polar surface area (TPSA) is 46.3 Å². The maximum absolute atomic E-state index is 12.4. The highest BCUT2D eigenvalue weighted by molar-refractivity contribution is 8.00. The van der Waals surface area contributed by atoms with Crippen molar-refractivity contribution in [2.75, 3.05) is 13.1 Å². The third-order valence-corrected chi connectivity index (χ3v) is 4.38. The summed E-state index contributed by atoms with van der Waals surface area (Å²) in [4.78, 5) is 14.3. The van der Waals surface area contributed by atoms with E-state index in [2.05, 4.69) is 13.8 Å². The van der Waals surface area contributed by atoms with Crippen molar-refractivity contribution in [2.45, 2.75) is 30.4 Å². The number of thioether (sulfide) groups is 1. The van der Waals surface area contributed by atoms with Gasteiger partial charge < -0.3 is 10.6 Å². The minimum absolute atomic E-state index is 0.0419. The van der Waals surface area contributed by atoms with Gasteiger partial charge in [0.25, 0.3) is 0 Å². The van der Waals surface area contributed by atoms with Crippen LogP contribution >= 0.6 is 11.8 Å². The van der Waals surface area contributed by atoms with E-state index >= 15 is 0 Å². The van der Waals surface area contributed by atoms with Crippen molar-refractivity contribution in [3.8, 4) is 0 Å². The van der Waals surface area contributed by atoms with Gasteiger partial charge in [-0.3, -0.25) is 4.79 Å². The van der Waals surface area contributed by atoms with Gasteiger partial charge in [0, 0.05) is 23.6 Å². The van der Waals surface area contributed by atoms with Gasteiger partial charge in [-0.25, -0.2) is 0 Å². The lowest BCUT2D eigenvalue weighted by Crippen LogP contribution is -2.47. The summed E-state index contributed by atoms with van der Waals surface area (Å²) in [6, 6.07) is 9.05. The van der Waals surface area contributed by atoms with E-state index in [9.17, 15) is 4.79 Å². The Hall–Kier alpha value is -1.00. The van der Waals surface area contributed by atoms with Crippen LogP contribution in [0.15, 0.2) is 30.3 Å². The Morgan fingerprint density at radius 2 is 1.83 bits per heavy atom. The Morgan fingerprint density at radius 3 is 2.39 bits per heavy atom. The molecule has 1 aliphatic heterocycles. The van der Waals surface area contributed by atoms with Crippen LogP contribution in [0.4, 0.5) is 0 Å². The molecule has 3 unspecified atom stereocenters. The summed E-state index contributed by atoms with van der Waals surface area (Å²) in [5.41, 5.74) is 6.95. The van der Waals surface area contributed by atoms with Crippen molar-refractivity contribution in [1.82, 2.24) is 4.90 Å². The second-order valence-electron chi connectivity index (χ2n) is 4.89. The van der Waals surface area contributed by atoms with Crippen LogP contribution in [0.25, 0.3) is 0 Å². The Morgan fingerprint density at radius 1 is 1.28 bits per heavy atom. The fraction of sp³-hybridized carbons (Fsp3) is 0.500. The zero-order valence-electron chi connectivity index (χ0n) is 10.9. The van der Waals surface area contributed by atoms with Gasteiger partial charge in [-0.2, -0.15) is 11.8 Å². The van der Waals surface area contributed by atoms with Crippen LogP contribution in [0.5, 0.6) is 0 Å². The lowest BCUT2D eigenvalue weighted by Gasteiger charge is -2.36. The Kier molecular flexibility index (Phi) is 4.30. The second-order valence-corrected chi connectivity index (χ2v) is 6.77. The summed E-state index contributed by atoms with van der Waals surface area (Å²) in [6.07, 6.45) is 0. The van der Waals surface area contributed by atoms with Crippen molar-refractivity contribution < 1.29 is 4.79 Å². The van der Waals surface area contributed by atoms with Crippen LogP contribution in [0, 0.1) is 0 Å². The summed E-state index contributed by atoms with van der Waals surface area (Å²) in [5, 5.41) is 0.973. The van der Waals surface area contributed by atoms with Crippen LogP contribution in [0.2, 0.25) is 0 Å². The SMILES string of the molecule is CC1CN(C(=O)C(N)c2ccccc2)CC(C)S1. The van der Waals surface area contributed by atoms with E-state index in [1.807, 2.05) is 47.0 Å². The number of nitrogens with two attached hydrogens (primary N) is 1. The number of rotatable bonds is 2. The third-order valence-electron chi connectivity index (χ3n) is 3.16. The van der Waals surface area contributed by atoms with E-state index in [4.69, 9.17) is 5.73 Å². The minimum atomic E-state index is -0.534. The van der Waals surface area contributed by atoms with Crippen LogP contribution in [-0.2, 0) is 4.79 Å². The fourth-order valence-corrected chi connectivity index (χ4v) is 3.68. The summed E-state index contributed by atoms with van der Waals surface area (Å²) in [6.45, 7) is 5.92. The molecular formula is C14H20N2OS. The maximum Gasteiger partial charge on any atom is 0.244 e. The summed E-state index contributed by atoms with van der Waals surface area (Å²) in [7, 11) is 0. The van der Waals surface area contributed by atoms with Gasteiger partial charge in [0.15, 0.2) is 0 Å². The molecule has 18 heavy (non-hydrogen) atoms. The number of nitrogens with zero attached hydrogens (tertiary/aromatic N) is 1. The van der Waals surface area contributed by atoms with E-state index in [0.717, 1.165) is 18.7 Å². The van der Waals surface area contributed by atoms with Gasteiger partial charge in [-0.15, -0.1) is 0 Å². The molecule has 3 nitrogen and oxygen atoms in total. The van der Waals surface area contributed by atoms with Gasteiger partial charge in [-0.05, 0) is 5.56 Å². The normalized spacial score (nSPS) is 25.8. The Balaban J connectivity index is 2.07. The monoisotopic (exact) mass is 264 g/mol. The molecule has 1 fully saturated rings. The molecule has 98 valence electrons. The second kappa shape index (κ2) is 5.76. The van der Waals surface area contributed by atoms with Crippen molar-refractivity contribution in [3.63, 3.8) is 0 Å². The first-order valence-corrected chi connectivity index (χ1v) is 7.27. The minimum Gasteiger partial charge on any atom is -0.339 e. The van der Waals surface area contributed by atoms with E-state index in [1.165, 1.54) is 0 Å². The van der Waals surface area contributed by atoms with Gasteiger partial charge in [0.05, 0.1) is 0 Å². The summed E-state index contributed by atoms with van der Waals surface area (Å²) >= 11 is 1.94. The molecule has 1 amide bonds. The molecule has 2 N–H and O–H groups in total. The van der Waals surface area contributed by atoms with Crippen molar-refractivity contribution in [2.24, 2.45) is 5.73 Å². The molecule has 2 rings (SSSR count). The average molecular weight is 264 g/mol. The first-order chi connectivity index (χ1) is 8.58. The first-order valence-electron chi connectivity index (χ1n) is 6.32. The molecule has 3 atom stereocenters. The summed E-state index contributed by atoms with van der Waals surface area (Å²) < 4.78 is 0. The summed E-state index contributed by atoms with van der Waals surface area (Å²) in [5.74, 6) is 0.0419. The van der Waals surface area contributed by atoms with Crippen molar-refractivity contribution in [3.05, 3.63) is 35.9 Å². The lowest BCUT2D eigenvalue weighted by atomic mass is 10.1. The number of benzene rings is 1. The Bertz CT molecular complexity index is 400. The number of carbonyl (C=O) groups is 1. The number of carbonyl (C=O) groups excluding carboxylic acids is 1. The number of hydrogen-bond acceptors (Lipinski definition) is 3. The highest BCUT2D eigenvalue weighted by atomic mass is 32.2. The smallest absolute Gasteiger partial charge is 0.244 e. The zero-order chi connectivity index (χ0) is 13.1. The van der Waals surface area contributed by atoms with Crippen molar-refractivity contribution in [1.29, 1.82) is 0 Å². The van der Waals surface area contributed by atoms with E-state index in [1.54, 1.807) is 0 Å². The van der Waals surface area contributed by atoms with Crippen LogP contribution in [0.3, 0.4) is 0 Å². The molecule has 1 aliphatic rings. The molecule has 1 saturated heterocycles. The highest BCUT2D eigenvalue weighted by Crippen LogP contribution is 2.26. The average Bonchev–Trinajstić information content (AvgIpc) is 2.37. The van der Waals surface area contributed by atoms with E-state index in [-0.39, 0.29) is 5.91 Å². The van der Waals surface area contributed by atoms with Crippen LogP contribution in [-0.4, -0.2) is 34.4 Å². The maximum atomic E-state index is 12.4. The number of hydrogen-bond donors (Lipinski definition) is 1. The number of amides is 1. The highest BCUT2D eigenvalue weighted by Gasteiger charge is 2.29. The molecule has 0 radical (unpaired) electrons. The van der Waals surface area contributed by atoms with Gasteiger partial charge in [0.1, 0.15) is 6.04 Å². The Labute approximate surface area is 113 Å². The standard InChI is InChI=1S/C14H20N2OS/c1-10-8-16(9-11(2)18-10)14(17)13(15)12-6-4-3-5-7-12/h3-7,10-11,13H,8-9,15H2,1-2H3. The largest absolute Gasteiger partial charge is 0.339 e. The van der Waals surface area contributed by atoms with Crippen LogP contribution < -0.4 is 5.73 Å². The van der Waals surface area contributed by atoms with Gasteiger partial charge >= 0.3 is 0 Å². The molecule has 4 heteroatoms. The van der Waals surface area contributed by atoms with Gasteiger partial charge in [0.2, 0.25) is 5.91 Å². The lowest BCUT2D eigenvalue weighted by molar-refractivity contribution is -0.132. The molecule has 0 bridgehead atoms. The molecule has 1 heterocycles. The first kappa shape index (κ1) is 13.4. The van der Waals surface area contributed by atoms with E-state index < -0.39 is 6.04 Å². The fourth-order valence-electron chi connectivity index (χ4n) is 2.36. The molecule has 0 saturated carbocycles. The van der Waals surface area contributed by atoms with E-state index in [0.29, 0.717) is 10.5 Å². The molecular weight excluding hydrogens is 244 g/mol. The predicted octanol–water partition coefficient (Wildman–Crippen LogP) is 2.04. The van der Waals surface area contributed by atoms with Gasteiger partial charge in [-0.1, -0.05) is 44.2 Å². The third kappa shape index (κ3) is 3.06. The molecule has 0 aliphatic carbocycles. The quantitative estimate of drug-likeness (QED) is 0.889. The molecule has 1 aromatic carbocycles. The van der Waals surface area contributed by atoms with Crippen molar-refractivity contribution >= 4 is 17.7 Å². The van der Waals surface area contributed by atoms with Crippen LogP contribution in [0.1, 0.15) is 25.5 Å². The predicted molar refractivity (Wildman–Crippen MR) is 76.5 cm³/mol.